The molecule has 0 bridgehead atoms. The van der Waals surface area contributed by atoms with Crippen LogP contribution < -0.4 is 11.1 Å². The van der Waals surface area contributed by atoms with E-state index in [9.17, 15) is 19.6 Å². The minimum Gasteiger partial charge on any atom is -0.351 e. The Morgan fingerprint density at radius 1 is 1.15 bits per heavy atom. The van der Waals surface area contributed by atoms with Crippen molar-refractivity contribution in [2.45, 2.75) is 0 Å². The predicted molar refractivity (Wildman–Crippen MR) is 69.4 cm³/mol. The topological polar surface area (TPSA) is 113 Å². The number of nitrogens with one attached hydrogen (secondary N) is 1. The minimum atomic E-state index is -0.900. The molecule has 2 aromatic carbocycles. The van der Waals surface area contributed by atoms with Gasteiger partial charge in [0.05, 0.1) is 16.8 Å². The quantitative estimate of drug-likeness (QED) is 0.536. The summed E-state index contributed by atoms with van der Waals surface area (Å²) < 4.78 is 0. The van der Waals surface area contributed by atoms with E-state index >= 15 is 0 Å². The number of amides is 4. The summed E-state index contributed by atoms with van der Waals surface area (Å²) in [4.78, 5) is 35.0. The van der Waals surface area contributed by atoms with Gasteiger partial charge in [0.2, 0.25) is 0 Å². The fourth-order valence-electron chi connectivity index (χ4n) is 2.33. The van der Waals surface area contributed by atoms with Gasteiger partial charge in [0.1, 0.15) is 0 Å². The highest BCUT2D eigenvalue weighted by Crippen LogP contribution is 2.34. The normalized spacial score (nSPS) is 13.8. The first-order valence-electron chi connectivity index (χ1n) is 5.70. The van der Waals surface area contributed by atoms with Crippen LogP contribution in [0.2, 0.25) is 0 Å². The lowest BCUT2D eigenvalue weighted by molar-refractivity contribution is -0.0376. The second kappa shape index (κ2) is 4.04. The molecule has 100 valence electrons. The number of nitrogens with zero attached hydrogens (tertiary/aromatic N) is 1. The molecule has 0 unspecified atom stereocenters. The van der Waals surface area contributed by atoms with Crippen LogP contribution in [0.4, 0.5) is 10.5 Å². The smallest absolute Gasteiger partial charge is 0.316 e. The van der Waals surface area contributed by atoms with Gasteiger partial charge in [-0.25, -0.2) is 4.79 Å². The molecular weight excluding hydrogens is 262 g/mol. The van der Waals surface area contributed by atoms with Crippen LogP contribution in [0, 0.1) is 0 Å². The number of benzene rings is 2. The third kappa shape index (κ3) is 1.54. The SMILES string of the molecule is NC(=O)Nc1ccc2cccc3c2c1C(=O)N(O)C3=O. The van der Waals surface area contributed by atoms with Crippen molar-refractivity contribution in [1.29, 1.82) is 0 Å². The van der Waals surface area contributed by atoms with E-state index in [2.05, 4.69) is 5.32 Å². The first kappa shape index (κ1) is 12.1. The molecule has 0 fully saturated rings. The molecule has 4 amide bonds. The van der Waals surface area contributed by atoms with Gasteiger partial charge in [0.25, 0.3) is 11.8 Å². The Morgan fingerprint density at radius 2 is 1.90 bits per heavy atom. The van der Waals surface area contributed by atoms with E-state index in [1.54, 1.807) is 18.2 Å². The number of primary amides is 1. The molecule has 0 atom stereocenters. The van der Waals surface area contributed by atoms with Crippen LogP contribution in [-0.4, -0.2) is 28.1 Å². The van der Waals surface area contributed by atoms with Crippen molar-refractivity contribution in [3.63, 3.8) is 0 Å². The summed E-state index contributed by atoms with van der Waals surface area (Å²) in [6.07, 6.45) is 0. The lowest BCUT2D eigenvalue weighted by Crippen LogP contribution is -2.38. The van der Waals surface area contributed by atoms with Crippen LogP contribution in [0.5, 0.6) is 0 Å². The van der Waals surface area contributed by atoms with Gasteiger partial charge in [0.15, 0.2) is 0 Å². The predicted octanol–water partition coefficient (Wildman–Crippen LogP) is 1.32. The van der Waals surface area contributed by atoms with E-state index < -0.39 is 17.8 Å². The third-order valence-electron chi connectivity index (χ3n) is 3.13. The molecule has 0 spiro atoms. The lowest BCUT2D eigenvalue weighted by Gasteiger charge is -2.23. The Kier molecular flexibility index (Phi) is 2.45. The van der Waals surface area contributed by atoms with Crippen LogP contribution in [0.25, 0.3) is 10.8 Å². The third-order valence-corrected chi connectivity index (χ3v) is 3.13. The molecule has 0 radical (unpaired) electrons. The summed E-state index contributed by atoms with van der Waals surface area (Å²) in [6, 6.07) is 7.17. The summed E-state index contributed by atoms with van der Waals surface area (Å²) in [6.45, 7) is 0. The molecule has 0 saturated heterocycles. The highest BCUT2D eigenvalue weighted by atomic mass is 16.5. The number of anilines is 1. The average Bonchev–Trinajstić information content (AvgIpc) is 2.42. The van der Waals surface area contributed by atoms with Gasteiger partial charge in [-0.1, -0.05) is 18.2 Å². The monoisotopic (exact) mass is 271 g/mol. The number of hydrogen-bond donors (Lipinski definition) is 3. The number of carbonyl (C=O) groups is 3. The number of hydrogen-bond acceptors (Lipinski definition) is 4. The van der Waals surface area contributed by atoms with Gasteiger partial charge in [-0.15, -0.1) is 5.06 Å². The summed E-state index contributed by atoms with van der Waals surface area (Å²) in [5.74, 6) is -1.70. The van der Waals surface area contributed by atoms with Crippen LogP contribution in [0.15, 0.2) is 30.3 Å². The van der Waals surface area contributed by atoms with Crippen LogP contribution >= 0.6 is 0 Å². The van der Waals surface area contributed by atoms with E-state index in [1.807, 2.05) is 0 Å². The minimum absolute atomic E-state index is 0.0310. The lowest BCUT2D eigenvalue weighted by atomic mass is 9.93. The molecule has 1 aliphatic heterocycles. The molecule has 20 heavy (non-hydrogen) atoms. The summed E-state index contributed by atoms with van der Waals surface area (Å²) in [5.41, 5.74) is 5.43. The van der Waals surface area contributed by atoms with Crippen molar-refractivity contribution in [3.05, 3.63) is 41.5 Å². The maximum Gasteiger partial charge on any atom is 0.316 e. The van der Waals surface area contributed by atoms with Gasteiger partial charge in [0, 0.05) is 5.39 Å². The van der Waals surface area contributed by atoms with Crippen molar-refractivity contribution in [3.8, 4) is 0 Å². The summed E-state index contributed by atoms with van der Waals surface area (Å²) in [5, 5.41) is 13.0. The fraction of sp³-hybridized carbons (Fsp3) is 0. The highest BCUT2D eigenvalue weighted by Gasteiger charge is 2.34. The standard InChI is InChI=1S/C13H9N3O4/c14-13(19)15-8-5-4-6-2-1-3-7-9(6)10(8)12(18)16(20)11(7)17/h1-5,20H,(H3,14,15,19). The summed E-state index contributed by atoms with van der Waals surface area (Å²) >= 11 is 0. The Balaban J connectivity index is 2.41. The fourth-order valence-corrected chi connectivity index (χ4v) is 2.33. The number of imide groups is 1. The van der Waals surface area contributed by atoms with E-state index in [4.69, 9.17) is 5.73 Å². The van der Waals surface area contributed by atoms with E-state index in [0.29, 0.717) is 10.8 Å². The van der Waals surface area contributed by atoms with Crippen molar-refractivity contribution < 1.29 is 19.6 Å². The molecule has 2 aromatic rings. The van der Waals surface area contributed by atoms with E-state index in [-0.39, 0.29) is 21.9 Å². The number of hydroxylamine groups is 2. The molecule has 1 aliphatic rings. The zero-order valence-corrected chi connectivity index (χ0v) is 10.1. The maximum absolute atomic E-state index is 12.1. The van der Waals surface area contributed by atoms with Gasteiger partial charge in [-0.05, 0) is 17.5 Å². The van der Waals surface area contributed by atoms with E-state index in [0.717, 1.165) is 0 Å². The largest absolute Gasteiger partial charge is 0.351 e. The molecule has 7 nitrogen and oxygen atoms in total. The average molecular weight is 271 g/mol. The second-order valence-corrected chi connectivity index (χ2v) is 4.30. The van der Waals surface area contributed by atoms with Crippen molar-refractivity contribution >= 4 is 34.3 Å². The second-order valence-electron chi connectivity index (χ2n) is 4.30. The first-order valence-corrected chi connectivity index (χ1v) is 5.70. The molecule has 0 aliphatic carbocycles. The zero-order valence-electron chi connectivity index (χ0n) is 10.1. The Bertz CT molecular complexity index is 785. The van der Waals surface area contributed by atoms with E-state index in [1.165, 1.54) is 12.1 Å². The summed E-state index contributed by atoms with van der Waals surface area (Å²) in [7, 11) is 0. The van der Waals surface area contributed by atoms with Crippen LogP contribution in [0.1, 0.15) is 20.7 Å². The molecular formula is C13H9N3O4. The molecule has 0 aromatic heterocycles. The maximum atomic E-state index is 12.1. The van der Waals surface area contributed by atoms with Gasteiger partial charge >= 0.3 is 6.03 Å². The molecule has 3 rings (SSSR count). The van der Waals surface area contributed by atoms with Crippen molar-refractivity contribution in [2.75, 3.05) is 5.32 Å². The van der Waals surface area contributed by atoms with Gasteiger partial charge < -0.3 is 11.1 Å². The zero-order chi connectivity index (χ0) is 14.4. The Morgan fingerprint density at radius 3 is 2.60 bits per heavy atom. The van der Waals surface area contributed by atoms with Gasteiger partial charge in [-0.3, -0.25) is 14.8 Å². The van der Waals surface area contributed by atoms with Crippen LogP contribution in [0.3, 0.4) is 0 Å². The van der Waals surface area contributed by atoms with Crippen LogP contribution in [-0.2, 0) is 0 Å². The van der Waals surface area contributed by atoms with Crippen molar-refractivity contribution in [1.82, 2.24) is 5.06 Å². The number of urea groups is 1. The molecule has 0 saturated carbocycles. The number of nitrogens with two attached hydrogens (primary N) is 1. The molecule has 1 heterocycles. The van der Waals surface area contributed by atoms with Gasteiger partial charge in [-0.2, -0.15) is 0 Å². The Labute approximate surface area is 112 Å². The number of carbonyl (C=O) groups excluding carboxylic acids is 3. The molecule has 4 N–H and O–H groups in total. The first-order chi connectivity index (χ1) is 9.50. The Hall–Kier alpha value is -2.93. The van der Waals surface area contributed by atoms with Crippen molar-refractivity contribution in [2.24, 2.45) is 5.73 Å². The highest BCUT2D eigenvalue weighted by molar-refractivity contribution is 6.27. The number of rotatable bonds is 1. The molecule has 7 heteroatoms.